The monoisotopic (exact) mass is 720 g/mol. The van der Waals surface area contributed by atoms with E-state index in [9.17, 15) is 15.0 Å². The highest BCUT2D eigenvalue weighted by Gasteiger charge is 2.18. The Balaban J connectivity index is 3.43. The molecule has 0 aromatic heterocycles. The van der Waals surface area contributed by atoms with Crippen LogP contribution in [0.25, 0.3) is 0 Å². The van der Waals surface area contributed by atoms with Gasteiger partial charge in [-0.2, -0.15) is 0 Å². The molecule has 0 aliphatic rings. The van der Waals surface area contributed by atoms with E-state index in [0.717, 1.165) is 25.7 Å². The first kappa shape index (κ1) is 50.1. The van der Waals surface area contributed by atoms with Crippen LogP contribution in [0.4, 0.5) is 0 Å². The highest BCUT2D eigenvalue weighted by atomic mass is 16.3. The molecule has 0 radical (unpaired) electrons. The molecule has 1 amide bonds. The molecule has 0 aliphatic carbocycles. The summed E-state index contributed by atoms with van der Waals surface area (Å²) in [7, 11) is 0. The normalized spacial score (nSPS) is 12.9. The first-order valence-electron chi connectivity index (χ1n) is 23.4. The molecule has 0 saturated heterocycles. The summed E-state index contributed by atoms with van der Waals surface area (Å²) < 4.78 is 0. The molecule has 2 unspecified atom stereocenters. The first-order valence-corrected chi connectivity index (χ1v) is 23.4. The Kier molecular flexibility index (Phi) is 42.8. The van der Waals surface area contributed by atoms with Crippen molar-refractivity contribution in [3.8, 4) is 0 Å². The Morgan fingerprint density at radius 3 is 1.02 bits per heavy atom. The third kappa shape index (κ3) is 40.2. The summed E-state index contributed by atoms with van der Waals surface area (Å²) in [6, 6.07) is -0.615. The number of unbranched alkanes of at least 4 members (excludes halogenated alkanes) is 36. The van der Waals surface area contributed by atoms with Crippen LogP contribution < -0.4 is 5.32 Å². The molecule has 0 spiro atoms. The van der Waals surface area contributed by atoms with Crippen molar-refractivity contribution in [1.82, 2.24) is 5.32 Å². The van der Waals surface area contributed by atoms with Gasteiger partial charge in [0.2, 0.25) is 5.91 Å². The Morgan fingerprint density at radius 1 is 0.451 bits per heavy atom. The molecule has 2 atom stereocenters. The second-order valence-electron chi connectivity index (χ2n) is 16.2. The zero-order valence-electron chi connectivity index (χ0n) is 34.9. The van der Waals surface area contributed by atoms with Crippen LogP contribution in [0.5, 0.6) is 0 Å². The van der Waals surface area contributed by atoms with E-state index in [0.29, 0.717) is 6.42 Å². The Hall–Kier alpha value is -0.870. The lowest BCUT2D eigenvalue weighted by Gasteiger charge is -2.20. The van der Waals surface area contributed by atoms with E-state index in [-0.39, 0.29) is 12.5 Å². The van der Waals surface area contributed by atoms with E-state index >= 15 is 0 Å². The van der Waals surface area contributed by atoms with Gasteiger partial charge in [-0.1, -0.05) is 251 Å². The Labute approximate surface area is 320 Å². The number of carbonyl (C=O) groups excluding carboxylic acids is 1. The number of carbonyl (C=O) groups is 1. The molecule has 0 saturated carbocycles. The molecule has 0 aromatic carbocycles. The van der Waals surface area contributed by atoms with Crippen molar-refractivity contribution < 1.29 is 15.0 Å². The van der Waals surface area contributed by atoms with Crippen LogP contribution in [0.3, 0.4) is 0 Å². The second-order valence-corrected chi connectivity index (χ2v) is 16.2. The number of aliphatic hydroxyl groups is 2. The summed E-state index contributed by atoms with van der Waals surface area (Å²) in [5, 5.41) is 23.0. The lowest BCUT2D eigenvalue weighted by Crippen LogP contribution is -2.45. The van der Waals surface area contributed by atoms with Gasteiger partial charge in [0.25, 0.3) is 0 Å². The fraction of sp³-hybridized carbons (Fsp3) is 0.936. The molecule has 4 heteroatoms. The average molecular weight is 720 g/mol. The van der Waals surface area contributed by atoms with Gasteiger partial charge in [0.15, 0.2) is 0 Å². The lowest BCUT2D eigenvalue weighted by atomic mass is 10.0. The van der Waals surface area contributed by atoms with Crippen LogP contribution in [-0.2, 0) is 4.79 Å². The van der Waals surface area contributed by atoms with Crippen molar-refractivity contribution in [1.29, 1.82) is 0 Å². The summed E-state index contributed by atoms with van der Waals surface area (Å²) in [4.78, 5) is 12.4. The van der Waals surface area contributed by atoms with Crippen molar-refractivity contribution in [2.45, 2.75) is 276 Å². The van der Waals surface area contributed by atoms with Crippen LogP contribution in [0.1, 0.15) is 264 Å². The molecule has 304 valence electrons. The van der Waals surface area contributed by atoms with E-state index in [2.05, 4.69) is 19.2 Å². The second kappa shape index (κ2) is 43.5. The van der Waals surface area contributed by atoms with Gasteiger partial charge in [-0.3, -0.25) is 4.79 Å². The number of hydrogen-bond acceptors (Lipinski definition) is 3. The zero-order chi connectivity index (χ0) is 37.1. The van der Waals surface area contributed by atoms with E-state index in [1.54, 1.807) is 6.08 Å². The quantitative estimate of drug-likeness (QED) is 0.0434. The summed E-state index contributed by atoms with van der Waals surface area (Å²) in [6.45, 7) is 4.32. The van der Waals surface area contributed by atoms with Gasteiger partial charge in [-0.05, 0) is 19.3 Å². The smallest absolute Gasteiger partial charge is 0.220 e. The number of aliphatic hydroxyl groups excluding tert-OH is 2. The minimum atomic E-state index is -0.833. The number of amides is 1. The summed E-state index contributed by atoms with van der Waals surface area (Å²) >= 11 is 0. The zero-order valence-corrected chi connectivity index (χ0v) is 34.9. The molecule has 0 aliphatic heterocycles. The number of allylic oxidation sites excluding steroid dienone is 1. The molecule has 3 N–H and O–H groups in total. The van der Waals surface area contributed by atoms with Crippen LogP contribution in [0.15, 0.2) is 12.2 Å². The molecule has 0 rings (SSSR count). The molecule has 0 heterocycles. The molecule has 0 aromatic rings. The maximum Gasteiger partial charge on any atom is 0.220 e. The van der Waals surface area contributed by atoms with Crippen molar-refractivity contribution in [3.63, 3.8) is 0 Å². The van der Waals surface area contributed by atoms with Crippen LogP contribution in [0.2, 0.25) is 0 Å². The Bertz CT molecular complexity index is 695. The van der Waals surface area contributed by atoms with Gasteiger partial charge in [0, 0.05) is 6.42 Å². The highest BCUT2D eigenvalue weighted by Crippen LogP contribution is 2.17. The summed E-state index contributed by atoms with van der Waals surface area (Å²) in [6.07, 6.45) is 54.8. The van der Waals surface area contributed by atoms with Gasteiger partial charge >= 0.3 is 0 Å². The largest absolute Gasteiger partial charge is 0.394 e. The van der Waals surface area contributed by atoms with Crippen LogP contribution in [-0.4, -0.2) is 34.9 Å². The topological polar surface area (TPSA) is 69.6 Å². The van der Waals surface area contributed by atoms with E-state index in [4.69, 9.17) is 0 Å². The van der Waals surface area contributed by atoms with Crippen molar-refractivity contribution in [2.24, 2.45) is 0 Å². The third-order valence-corrected chi connectivity index (χ3v) is 11.0. The van der Waals surface area contributed by atoms with E-state index in [1.807, 2.05) is 6.08 Å². The van der Waals surface area contributed by atoms with Gasteiger partial charge in [-0.15, -0.1) is 0 Å². The maximum atomic E-state index is 12.4. The van der Waals surface area contributed by atoms with Gasteiger partial charge < -0.3 is 15.5 Å². The minimum Gasteiger partial charge on any atom is -0.394 e. The van der Waals surface area contributed by atoms with Gasteiger partial charge in [0.1, 0.15) is 0 Å². The van der Waals surface area contributed by atoms with Crippen molar-refractivity contribution in [3.05, 3.63) is 12.2 Å². The maximum absolute atomic E-state index is 12.4. The SMILES string of the molecule is CCCCCCCCCCCC/C=C/C(O)C(CO)NC(=O)CCCCCCCCCCCCCCCCCCCCCCCCCCCCC. The molecular weight excluding hydrogens is 627 g/mol. The first-order chi connectivity index (χ1) is 25.2. The molecule has 4 nitrogen and oxygen atoms in total. The van der Waals surface area contributed by atoms with Crippen molar-refractivity contribution in [2.75, 3.05) is 6.61 Å². The third-order valence-electron chi connectivity index (χ3n) is 11.0. The van der Waals surface area contributed by atoms with E-state index in [1.165, 1.54) is 218 Å². The standard InChI is InChI=1S/C47H93NO3/c1-3-5-7-9-11-13-15-17-18-19-20-21-22-23-24-25-26-27-28-29-30-31-33-35-37-39-41-43-47(51)48-45(44-49)46(50)42-40-38-36-34-32-16-14-12-10-8-6-4-2/h40,42,45-46,49-50H,3-39,41,43-44H2,1-2H3,(H,48,51)/b42-40+. The number of hydrogen-bond donors (Lipinski definition) is 3. The van der Waals surface area contributed by atoms with Gasteiger partial charge in [-0.25, -0.2) is 0 Å². The molecular formula is C47H93NO3. The fourth-order valence-electron chi connectivity index (χ4n) is 7.42. The van der Waals surface area contributed by atoms with Crippen LogP contribution >= 0.6 is 0 Å². The van der Waals surface area contributed by atoms with E-state index < -0.39 is 12.1 Å². The lowest BCUT2D eigenvalue weighted by molar-refractivity contribution is -0.123. The summed E-state index contributed by atoms with van der Waals surface area (Å²) in [5.41, 5.74) is 0. The molecule has 51 heavy (non-hydrogen) atoms. The molecule has 0 fully saturated rings. The average Bonchev–Trinajstić information content (AvgIpc) is 3.13. The molecule has 0 bridgehead atoms. The predicted molar refractivity (Wildman–Crippen MR) is 226 cm³/mol. The highest BCUT2D eigenvalue weighted by molar-refractivity contribution is 5.76. The predicted octanol–water partition coefficient (Wildman–Crippen LogP) is 14.6. The Morgan fingerprint density at radius 2 is 0.725 bits per heavy atom. The van der Waals surface area contributed by atoms with Crippen molar-refractivity contribution >= 4 is 5.91 Å². The van der Waals surface area contributed by atoms with Crippen LogP contribution in [0, 0.1) is 0 Å². The number of rotatable bonds is 43. The summed E-state index contributed by atoms with van der Waals surface area (Å²) in [5.74, 6) is -0.0595. The minimum absolute atomic E-state index is 0.0595. The van der Waals surface area contributed by atoms with Gasteiger partial charge in [0.05, 0.1) is 18.8 Å². The fourth-order valence-corrected chi connectivity index (χ4v) is 7.42. The number of nitrogens with one attached hydrogen (secondary N) is 1.